The molecule has 0 aromatic rings. The largest absolute Gasteiger partial charge is 0.412 e. The Bertz CT molecular complexity index is 63.3. The van der Waals surface area contributed by atoms with Gasteiger partial charge in [-0.1, -0.05) is 12.6 Å². The Morgan fingerprint density at radius 2 is 1.78 bits per heavy atom. The van der Waals surface area contributed by atoms with Gasteiger partial charge in [0.15, 0.2) is 0 Å². The summed E-state index contributed by atoms with van der Waals surface area (Å²) in [5.41, 5.74) is 0. The molecule has 56 valence electrons. The summed E-state index contributed by atoms with van der Waals surface area (Å²) in [6.45, 7) is 1.77. The molecule has 0 fully saturated rings. The van der Waals surface area contributed by atoms with Gasteiger partial charge in [-0.25, -0.2) is 0 Å². The van der Waals surface area contributed by atoms with Crippen LogP contribution in [0.2, 0.25) is 12.6 Å². The smallest absolute Gasteiger partial charge is 0.388 e. The van der Waals surface area contributed by atoms with Crippen LogP contribution in [0.1, 0.15) is 6.42 Å². The van der Waals surface area contributed by atoms with E-state index < -0.39 is 12.6 Å². The number of hydrogen-bond acceptors (Lipinski definition) is 0. The molecule has 1 nitrogen and oxygen atoms in total. The van der Waals surface area contributed by atoms with Crippen molar-refractivity contribution in [3.8, 4) is 0 Å². The number of hydrogen-bond donors (Lipinski definition) is 0. The second-order valence-electron chi connectivity index (χ2n) is 1.47. The molecule has 0 aliphatic rings. The van der Waals surface area contributed by atoms with Crippen molar-refractivity contribution in [2.24, 2.45) is 0 Å². The average molecular weight is 158 g/mol. The van der Waals surface area contributed by atoms with Gasteiger partial charge in [-0.05, 0) is 0 Å². The van der Waals surface area contributed by atoms with Crippen LogP contribution in [0.25, 0.3) is 0 Å². The molecule has 0 saturated carbocycles. The molecule has 0 amide bonds. The first kappa shape index (κ1) is 11.7. The van der Waals surface area contributed by atoms with Gasteiger partial charge in [0, 0.05) is 15.9 Å². The number of alkyl halides is 3. The van der Waals surface area contributed by atoms with E-state index in [0.717, 1.165) is 0 Å². The zero-order valence-corrected chi connectivity index (χ0v) is 6.05. The number of halogens is 3. The molecule has 2 N–H and O–H groups in total. The first-order chi connectivity index (χ1) is 3.56. The summed E-state index contributed by atoms with van der Waals surface area (Å²) in [6.07, 6.45) is -4.56. The fraction of sp³-hybridized carbons (Fsp3) is 1.00. The third kappa shape index (κ3) is 11.5. The van der Waals surface area contributed by atoms with E-state index in [2.05, 4.69) is 0 Å². The quantitative estimate of drug-likeness (QED) is 0.542. The molecule has 0 aliphatic heterocycles. The maximum absolute atomic E-state index is 11.2. The van der Waals surface area contributed by atoms with Gasteiger partial charge < -0.3 is 5.48 Å². The van der Waals surface area contributed by atoms with Gasteiger partial charge in [0.25, 0.3) is 0 Å². The zero-order chi connectivity index (χ0) is 6.62. The summed E-state index contributed by atoms with van der Waals surface area (Å²) < 4.78 is 33.7. The molecule has 0 atom stereocenters. The highest BCUT2D eigenvalue weighted by atomic mass is 28.2. The van der Waals surface area contributed by atoms with E-state index in [1.54, 1.807) is 6.55 Å². The van der Waals surface area contributed by atoms with E-state index in [4.69, 9.17) is 0 Å². The molecule has 0 aliphatic carbocycles. The van der Waals surface area contributed by atoms with Crippen LogP contribution < -0.4 is 0 Å². The molecule has 9 heavy (non-hydrogen) atoms. The Kier molecular flexibility index (Phi) is 6.27. The van der Waals surface area contributed by atoms with Crippen LogP contribution in [0.5, 0.6) is 0 Å². The summed E-state index contributed by atoms with van der Waals surface area (Å²) in [5, 5.41) is 0. The van der Waals surface area contributed by atoms with Gasteiger partial charge in [-0.3, -0.25) is 0 Å². The lowest BCUT2D eigenvalue weighted by molar-refractivity contribution is -0.130. The fourth-order valence-electron chi connectivity index (χ4n) is 0.267. The highest BCUT2D eigenvalue weighted by molar-refractivity contribution is 6.33. The maximum atomic E-state index is 11.2. The molecule has 5 heteroatoms. The van der Waals surface area contributed by atoms with Gasteiger partial charge >= 0.3 is 6.18 Å². The van der Waals surface area contributed by atoms with Crippen LogP contribution in [0.3, 0.4) is 0 Å². The monoisotopic (exact) mass is 158 g/mol. The number of rotatable bonds is 2. The van der Waals surface area contributed by atoms with Crippen LogP contribution in [-0.2, 0) is 0 Å². The molecule has 0 heterocycles. The first-order valence-corrected chi connectivity index (χ1v) is 3.98. The van der Waals surface area contributed by atoms with Gasteiger partial charge in [0.2, 0.25) is 0 Å². The Labute approximate surface area is 54.4 Å². The van der Waals surface area contributed by atoms with Gasteiger partial charge in [-0.2, -0.15) is 13.2 Å². The van der Waals surface area contributed by atoms with Crippen molar-refractivity contribution in [1.82, 2.24) is 0 Å². The van der Waals surface area contributed by atoms with Crippen molar-refractivity contribution in [1.29, 1.82) is 0 Å². The molecule has 0 aromatic heterocycles. The molecule has 0 aromatic carbocycles. The molecule has 0 bridgehead atoms. The lowest BCUT2D eigenvalue weighted by Crippen LogP contribution is -2.06. The molecule has 0 spiro atoms. The van der Waals surface area contributed by atoms with Crippen LogP contribution in [0.15, 0.2) is 0 Å². The molecule has 0 saturated heterocycles. The highest BCUT2D eigenvalue weighted by Crippen LogP contribution is 2.20. The van der Waals surface area contributed by atoms with E-state index in [0.29, 0.717) is 9.52 Å². The fourth-order valence-corrected chi connectivity index (χ4v) is 0.800. The Hall–Kier alpha value is -0.0331. The predicted molar refractivity (Wildman–Crippen MR) is 30.7 cm³/mol. The minimum atomic E-state index is -3.94. The minimum absolute atomic E-state index is 0. The summed E-state index contributed by atoms with van der Waals surface area (Å²) in [7, 11) is 0.411. The lowest BCUT2D eigenvalue weighted by atomic mass is 10.5. The highest BCUT2D eigenvalue weighted by Gasteiger charge is 2.25. The topological polar surface area (TPSA) is 31.5 Å². The molecule has 0 rings (SSSR count). The van der Waals surface area contributed by atoms with Crippen LogP contribution in [0.4, 0.5) is 13.2 Å². The van der Waals surface area contributed by atoms with E-state index in [9.17, 15) is 13.2 Å². The van der Waals surface area contributed by atoms with Crippen molar-refractivity contribution in [2.75, 3.05) is 0 Å². The van der Waals surface area contributed by atoms with Crippen LogP contribution in [0, 0.1) is 0 Å². The molecular weight excluding hydrogens is 149 g/mol. The van der Waals surface area contributed by atoms with Crippen molar-refractivity contribution in [3.05, 3.63) is 0 Å². The lowest BCUT2D eigenvalue weighted by Gasteiger charge is -2.01. The molecule has 0 unspecified atom stereocenters. The summed E-state index contributed by atoms with van der Waals surface area (Å²) in [4.78, 5) is 0. The van der Waals surface area contributed by atoms with E-state index in [-0.39, 0.29) is 11.5 Å². The van der Waals surface area contributed by atoms with Gasteiger partial charge in [-0.15, -0.1) is 0 Å². The predicted octanol–water partition coefficient (Wildman–Crippen LogP) is 1.28. The summed E-state index contributed by atoms with van der Waals surface area (Å²) in [5.74, 6) is 0. The second-order valence-corrected chi connectivity index (χ2v) is 2.68. The Morgan fingerprint density at radius 3 is 1.89 bits per heavy atom. The summed E-state index contributed by atoms with van der Waals surface area (Å²) >= 11 is 0. The van der Waals surface area contributed by atoms with Crippen molar-refractivity contribution in [2.45, 2.75) is 25.2 Å². The second kappa shape index (κ2) is 4.81. The Morgan fingerprint density at radius 1 is 1.33 bits per heavy atom. The zero-order valence-electron chi connectivity index (χ0n) is 5.05. The van der Waals surface area contributed by atoms with Crippen molar-refractivity contribution in [3.63, 3.8) is 0 Å². The first-order valence-electron chi connectivity index (χ1n) is 2.27. The molecular formula is C4H9F3OSi. The van der Waals surface area contributed by atoms with Crippen LogP contribution in [-0.4, -0.2) is 21.2 Å². The van der Waals surface area contributed by atoms with Crippen molar-refractivity contribution < 1.29 is 18.6 Å². The van der Waals surface area contributed by atoms with Crippen molar-refractivity contribution >= 4 is 9.52 Å². The average Bonchev–Trinajstić information content (AvgIpc) is 1.59. The SMILES string of the molecule is C[Si]CCC(F)(F)F.O. The van der Waals surface area contributed by atoms with Gasteiger partial charge in [0.05, 0.1) is 0 Å². The standard InChI is InChI=1S/C4H7F3Si.H2O/c1-8-3-2-4(5,6)7;/h2-3H2,1H3;1H2. The minimum Gasteiger partial charge on any atom is -0.412 e. The maximum Gasteiger partial charge on any atom is 0.388 e. The van der Waals surface area contributed by atoms with E-state index in [1.165, 1.54) is 0 Å². The van der Waals surface area contributed by atoms with E-state index >= 15 is 0 Å². The van der Waals surface area contributed by atoms with E-state index in [1.807, 2.05) is 0 Å². The molecule has 2 radical (unpaired) electrons. The summed E-state index contributed by atoms with van der Waals surface area (Å²) in [6, 6.07) is 0.281. The third-order valence-electron chi connectivity index (χ3n) is 0.658. The normalized spacial score (nSPS) is 10.7. The van der Waals surface area contributed by atoms with Gasteiger partial charge in [0.1, 0.15) is 0 Å². The Balaban J connectivity index is 0. The third-order valence-corrected chi connectivity index (χ3v) is 1.41. The van der Waals surface area contributed by atoms with Crippen LogP contribution >= 0.6 is 0 Å².